The molecule has 0 N–H and O–H groups in total. The van der Waals surface area contributed by atoms with Gasteiger partial charge < -0.3 is 9.47 Å². The van der Waals surface area contributed by atoms with Gasteiger partial charge in [-0.2, -0.15) is 0 Å². The van der Waals surface area contributed by atoms with Gasteiger partial charge in [0.2, 0.25) is 0 Å². The number of esters is 2. The van der Waals surface area contributed by atoms with Crippen molar-refractivity contribution in [1.82, 2.24) is 0 Å². The highest BCUT2D eigenvalue weighted by molar-refractivity contribution is 5.91. The summed E-state index contributed by atoms with van der Waals surface area (Å²) in [6.07, 6.45) is 1.62. The quantitative estimate of drug-likeness (QED) is 0.658. The molecule has 1 fully saturated rings. The molecule has 4 heteroatoms. The minimum Gasteiger partial charge on any atom is -0.465 e. The third-order valence-corrected chi connectivity index (χ3v) is 5.97. The zero-order chi connectivity index (χ0) is 20.1. The Morgan fingerprint density at radius 3 is 2.46 bits per heavy atom. The molecule has 0 amide bonds. The largest absolute Gasteiger partial charge is 0.465 e. The summed E-state index contributed by atoms with van der Waals surface area (Å²) in [4.78, 5) is 26.0. The number of aryl methyl sites for hydroxylation is 1. The van der Waals surface area contributed by atoms with Crippen LogP contribution in [0.5, 0.6) is 0 Å². The Balaban J connectivity index is 1.95. The van der Waals surface area contributed by atoms with Gasteiger partial charge in [-0.25, -0.2) is 4.79 Å². The Morgan fingerprint density at radius 2 is 1.79 bits per heavy atom. The normalized spacial score (nSPS) is 22.5. The molecule has 1 aliphatic carbocycles. The van der Waals surface area contributed by atoms with Crippen molar-refractivity contribution in [2.75, 3.05) is 6.61 Å². The van der Waals surface area contributed by atoms with Gasteiger partial charge in [0.05, 0.1) is 12.2 Å². The van der Waals surface area contributed by atoms with Crippen molar-refractivity contribution in [3.05, 3.63) is 71.3 Å². The molecule has 0 aliphatic heterocycles. The first-order chi connectivity index (χ1) is 13.5. The van der Waals surface area contributed by atoms with Gasteiger partial charge in [-0.15, -0.1) is 0 Å². The molecule has 0 spiro atoms. The molecule has 2 aromatic rings. The van der Waals surface area contributed by atoms with E-state index in [1.807, 2.05) is 69.3 Å². The smallest absolute Gasteiger partial charge is 0.338 e. The van der Waals surface area contributed by atoms with Crippen LogP contribution < -0.4 is 0 Å². The second-order valence-electron chi connectivity index (χ2n) is 7.49. The molecule has 0 radical (unpaired) electrons. The van der Waals surface area contributed by atoms with Gasteiger partial charge in [0.25, 0.3) is 0 Å². The first kappa shape index (κ1) is 20.1. The SMILES string of the molecule is CCOC(=O)C1(C(C)c2ccccc2)CCCC1OC(=O)c1ccccc1C. The standard InChI is InChI=1S/C24H28O4/c1-4-27-23(26)24(18(3)19-12-6-5-7-13-19)16-10-15-21(24)28-22(25)20-14-9-8-11-17(20)2/h5-9,11-14,18,21H,4,10,15-16H2,1-3H3. The van der Waals surface area contributed by atoms with Crippen molar-refractivity contribution < 1.29 is 19.1 Å². The van der Waals surface area contributed by atoms with E-state index < -0.39 is 11.5 Å². The molecule has 0 bridgehead atoms. The van der Waals surface area contributed by atoms with Crippen LogP contribution in [0.2, 0.25) is 0 Å². The number of hydrogen-bond acceptors (Lipinski definition) is 4. The number of rotatable bonds is 6. The van der Waals surface area contributed by atoms with Gasteiger partial charge in [-0.1, -0.05) is 55.5 Å². The van der Waals surface area contributed by atoms with E-state index in [0.717, 1.165) is 17.5 Å². The van der Waals surface area contributed by atoms with Crippen LogP contribution in [0.25, 0.3) is 0 Å². The summed E-state index contributed by atoms with van der Waals surface area (Å²) < 4.78 is 11.4. The van der Waals surface area contributed by atoms with Gasteiger partial charge >= 0.3 is 11.9 Å². The molecule has 2 aromatic carbocycles. The lowest BCUT2D eigenvalue weighted by molar-refractivity contribution is -0.163. The van der Waals surface area contributed by atoms with Crippen molar-refractivity contribution in [3.63, 3.8) is 0 Å². The number of carbonyl (C=O) groups excluding carboxylic acids is 2. The molecule has 1 aliphatic rings. The number of carbonyl (C=O) groups is 2. The van der Waals surface area contributed by atoms with Crippen LogP contribution in [-0.4, -0.2) is 24.6 Å². The summed E-state index contributed by atoms with van der Waals surface area (Å²) in [5, 5.41) is 0. The van der Waals surface area contributed by atoms with Crippen LogP contribution >= 0.6 is 0 Å². The molecule has 148 valence electrons. The van der Waals surface area contributed by atoms with E-state index in [-0.39, 0.29) is 17.9 Å². The van der Waals surface area contributed by atoms with E-state index >= 15 is 0 Å². The Bertz CT molecular complexity index is 830. The number of hydrogen-bond donors (Lipinski definition) is 0. The maximum absolute atomic E-state index is 13.2. The van der Waals surface area contributed by atoms with Crippen molar-refractivity contribution in [1.29, 1.82) is 0 Å². The van der Waals surface area contributed by atoms with Crippen LogP contribution in [0.3, 0.4) is 0 Å². The molecule has 0 aromatic heterocycles. The second kappa shape index (κ2) is 8.59. The van der Waals surface area contributed by atoms with E-state index in [1.165, 1.54) is 0 Å². The maximum Gasteiger partial charge on any atom is 0.338 e. The summed E-state index contributed by atoms with van der Waals surface area (Å²) in [5.41, 5.74) is 1.59. The van der Waals surface area contributed by atoms with Crippen molar-refractivity contribution in [2.24, 2.45) is 5.41 Å². The fourth-order valence-corrected chi connectivity index (χ4v) is 4.37. The molecule has 3 rings (SSSR count). The van der Waals surface area contributed by atoms with Crippen molar-refractivity contribution in [2.45, 2.75) is 52.1 Å². The third kappa shape index (κ3) is 3.68. The predicted molar refractivity (Wildman–Crippen MR) is 108 cm³/mol. The van der Waals surface area contributed by atoms with Gasteiger partial charge in [0.1, 0.15) is 11.5 Å². The van der Waals surface area contributed by atoms with Crippen molar-refractivity contribution in [3.8, 4) is 0 Å². The molecular formula is C24H28O4. The fraction of sp³-hybridized carbons (Fsp3) is 0.417. The summed E-state index contributed by atoms with van der Waals surface area (Å²) in [6, 6.07) is 17.3. The fourth-order valence-electron chi connectivity index (χ4n) is 4.37. The topological polar surface area (TPSA) is 52.6 Å². The zero-order valence-corrected chi connectivity index (χ0v) is 16.8. The molecule has 4 nitrogen and oxygen atoms in total. The summed E-state index contributed by atoms with van der Waals surface area (Å²) in [5.74, 6) is -0.768. The lowest BCUT2D eigenvalue weighted by atomic mass is 9.70. The minimum atomic E-state index is -0.865. The van der Waals surface area contributed by atoms with E-state index in [1.54, 1.807) is 6.07 Å². The van der Waals surface area contributed by atoms with Crippen LogP contribution in [0, 0.1) is 12.3 Å². The third-order valence-electron chi connectivity index (χ3n) is 5.97. The molecule has 0 heterocycles. The summed E-state index contributed by atoms with van der Waals surface area (Å²) >= 11 is 0. The summed E-state index contributed by atoms with van der Waals surface area (Å²) in [6.45, 7) is 6.03. The predicted octanol–water partition coefficient (Wildman–Crippen LogP) is 5.06. The first-order valence-corrected chi connectivity index (χ1v) is 9.99. The monoisotopic (exact) mass is 380 g/mol. The zero-order valence-electron chi connectivity index (χ0n) is 16.8. The van der Waals surface area contributed by atoms with E-state index in [9.17, 15) is 9.59 Å². The first-order valence-electron chi connectivity index (χ1n) is 9.99. The molecular weight excluding hydrogens is 352 g/mol. The van der Waals surface area contributed by atoms with Gasteiger partial charge in [-0.3, -0.25) is 4.79 Å². The van der Waals surface area contributed by atoms with Crippen LogP contribution in [0.15, 0.2) is 54.6 Å². The average molecular weight is 380 g/mol. The second-order valence-corrected chi connectivity index (χ2v) is 7.49. The minimum absolute atomic E-state index is 0.120. The lowest BCUT2D eigenvalue weighted by Crippen LogP contribution is -2.46. The van der Waals surface area contributed by atoms with Crippen LogP contribution in [-0.2, 0) is 14.3 Å². The molecule has 3 unspecified atom stereocenters. The Labute approximate surface area is 166 Å². The van der Waals surface area contributed by atoms with Gasteiger partial charge in [-0.05, 0) is 50.3 Å². The van der Waals surface area contributed by atoms with Crippen molar-refractivity contribution >= 4 is 11.9 Å². The molecule has 3 atom stereocenters. The highest BCUT2D eigenvalue weighted by Crippen LogP contribution is 2.51. The van der Waals surface area contributed by atoms with Gasteiger partial charge in [0.15, 0.2) is 0 Å². The Morgan fingerprint density at radius 1 is 1.11 bits per heavy atom. The highest BCUT2D eigenvalue weighted by atomic mass is 16.6. The summed E-state index contributed by atoms with van der Waals surface area (Å²) in [7, 11) is 0. The molecule has 0 saturated heterocycles. The molecule has 1 saturated carbocycles. The molecule has 28 heavy (non-hydrogen) atoms. The average Bonchev–Trinajstić information content (AvgIpc) is 3.13. The van der Waals surface area contributed by atoms with E-state index in [2.05, 4.69) is 0 Å². The van der Waals surface area contributed by atoms with Crippen LogP contribution in [0.1, 0.15) is 60.5 Å². The van der Waals surface area contributed by atoms with E-state index in [0.29, 0.717) is 25.0 Å². The Kier molecular flexibility index (Phi) is 6.18. The highest BCUT2D eigenvalue weighted by Gasteiger charge is 2.56. The van der Waals surface area contributed by atoms with Crippen LogP contribution in [0.4, 0.5) is 0 Å². The number of benzene rings is 2. The van der Waals surface area contributed by atoms with E-state index in [4.69, 9.17) is 9.47 Å². The lowest BCUT2D eigenvalue weighted by Gasteiger charge is -2.38. The number of ether oxygens (including phenoxy) is 2. The maximum atomic E-state index is 13.2. The Hall–Kier alpha value is -2.62. The van der Waals surface area contributed by atoms with Gasteiger partial charge in [0, 0.05) is 5.92 Å².